The Labute approximate surface area is 107 Å². The quantitative estimate of drug-likeness (QED) is 0.801. The van der Waals surface area contributed by atoms with Crippen LogP contribution in [-0.4, -0.2) is 12.5 Å². The number of benzene rings is 1. The average Bonchev–Trinajstić information content (AvgIpc) is 2.61. The van der Waals surface area contributed by atoms with Gasteiger partial charge in [0.15, 0.2) is 0 Å². The molecule has 0 spiro atoms. The van der Waals surface area contributed by atoms with E-state index in [0.717, 1.165) is 23.6 Å². The van der Waals surface area contributed by atoms with Gasteiger partial charge in [-0.3, -0.25) is 4.79 Å². The van der Waals surface area contributed by atoms with E-state index in [1.165, 1.54) is 19.3 Å². The minimum absolute atomic E-state index is 0.0241. The lowest BCUT2D eigenvalue weighted by Crippen LogP contribution is -2.14. The molecular formula is C14H18N2O2. The summed E-state index contributed by atoms with van der Waals surface area (Å²) in [6.45, 7) is 0.710. The molecule has 1 heterocycles. The minimum atomic E-state index is 0.0241. The maximum absolute atomic E-state index is 11.3. The number of carbonyl (C=O) groups is 1. The molecule has 1 aliphatic heterocycles. The van der Waals surface area contributed by atoms with Gasteiger partial charge in [0.1, 0.15) is 5.75 Å². The van der Waals surface area contributed by atoms with E-state index < -0.39 is 0 Å². The van der Waals surface area contributed by atoms with Crippen molar-refractivity contribution in [3.05, 3.63) is 17.7 Å². The smallest absolute Gasteiger partial charge is 0.228 e. The second-order valence-electron chi connectivity index (χ2n) is 5.21. The largest absolute Gasteiger partial charge is 0.491 e. The molecule has 3 rings (SSSR count). The highest BCUT2D eigenvalue weighted by Gasteiger charge is 2.20. The van der Waals surface area contributed by atoms with Crippen LogP contribution in [0.5, 0.6) is 5.75 Å². The summed E-state index contributed by atoms with van der Waals surface area (Å²) in [5.74, 6) is 1.55. The maximum atomic E-state index is 11.3. The number of rotatable bonds is 4. The summed E-state index contributed by atoms with van der Waals surface area (Å²) in [5, 5.41) is 2.81. The van der Waals surface area contributed by atoms with E-state index in [1.807, 2.05) is 12.1 Å². The Morgan fingerprint density at radius 1 is 1.39 bits per heavy atom. The molecule has 0 atom stereocenters. The lowest BCUT2D eigenvalue weighted by atomic mass is 9.83. The molecular weight excluding hydrogens is 228 g/mol. The molecule has 3 N–H and O–H groups in total. The van der Waals surface area contributed by atoms with Crippen molar-refractivity contribution in [3.63, 3.8) is 0 Å². The lowest BCUT2D eigenvalue weighted by molar-refractivity contribution is -0.115. The van der Waals surface area contributed by atoms with Gasteiger partial charge in [-0.2, -0.15) is 0 Å². The summed E-state index contributed by atoms with van der Waals surface area (Å²) in [5.41, 5.74) is 8.36. The molecule has 0 saturated heterocycles. The molecule has 96 valence electrons. The highest BCUT2D eigenvalue weighted by Crippen LogP contribution is 2.34. The van der Waals surface area contributed by atoms with Crippen LogP contribution in [0.25, 0.3) is 0 Å². The molecule has 1 fully saturated rings. The molecule has 18 heavy (non-hydrogen) atoms. The Kier molecular flexibility index (Phi) is 2.86. The van der Waals surface area contributed by atoms with Gasteiger partial charge in [-0.25, -0.2) is 0 Å². The number of ether oxygens (including phenoxy) is 1. The van der Waals surface area contributed by atoms with Gasteiger partial charge in [-0.05, 0) is 24.0 Å². The van der Waals surface area contributed by atoms with E-state index in [0.29, 0.717) is 24.5 Å². The van der Waals surface area contributed by atoms with Crippen LogP contribution in [0.2, 0.25) is 0 Å². The van der Waals surface area contributed by atoms with Crippen molar-refractivity contribution in [3.8, 4) is 5.75 Å². The first-order valence-corrected chi connectivity index (χ1v) is 6.57. The highest BCUT2D eigenvalue weighted by atomic mass is 16.5. The van der Waals surface area contributed by atoms with Crippen molar-refractivity contribution in [1.29, 1.82) is 0 Å². The van der Waals surface area contributed by atoms with Crippen LogP contribution >= 0.6 is 0 Å². The molecule has 1 saturated carbocycles. The Balaban J connectivity index is 1.64. The van der Waals surface area contributed by atoms with Crippen LogP contribution in [0, 0.1) is 5.92 Å². The molecule has 1 aromatic carbocycles. The van der Waals surface area contributed by atoms with Crippen LogP contribution in [0.1, 0.15) is 31.2 Å². The van der Waals surface area contributed by atoms with Gasteiger partial charge >= 0.3 is 0 Å². The Morgan fingerprint density at radius 2 is 2.22 bits per heavy atom. The Hall–Kier alpha value is -1.71. The van der Waals surface area contributed by atoms with Gasteiger partial charge in [-0.15, -0.1) is 0 Å². The van der Waals surface area contributed by atoms with Crippen LogP contribution in [-0.2, 0) is 11.2 Å². The lowest BCUT2D eigenvalue weighted by Gasteiger charge is -2.25. The normalized spacial score (nSPS) is 18.1. The first kappa shape index (κ1) is 11.4. The number of hydrogen-bond donors (Lipinski definition) is 2. The first-order chi connectivity index (χ1) is 8.72. The summed E-state index contributed by atoms with van der Waals surface area (Å²) < 4.78 is 5.73. The fourth-order valence-corrected chi connectivity index (χ4v) is 2.52. The van der Waals surface area contributed by atoms with Gasteiger partial charge in [0, 0.05) is 11.8 Å². The van der Waals surface area contributed by atoms with E-state index in [9.17, 15) is 4.79 Å². The topological polar surface area (TPSA) is 64.3 Å². The van der Waals surface area contributed by atoms with E-state index in [-0.39, 0.29) is 5.91 Å². The molecule has 0 unspecified atom stereocenters. The van der Waals surface area contributed by atoms with Crippen LogP contribution in [0.3, 0.4) is 0 Å². The fourth-order valence-electron chi connectivity index (χ4n) is 2.52. The van der Waals surface area contributed by atoms with Crippen molar-refractivity contribution in [1.82, 2.24) is 0 Å². The molecule has 0 radical (unpaired) electrons. The summed E-state index contributed by atoms with van der Waals surface area (Å²) >= 11 is 0. The van der Waals surface area contributed by atoms with Crippen molar-refractivity contribution < 1.29 is 9.53 Å². The van der Waals surface area contributed by atoms with E-state index >= 15 is 0 Å². The van der Waals surface area contributed by atoms with Crippen LogP contribution in [0.15, 0.2) is 12.1 Å². The van der Waals surface area contributed by atoms with Gasteiger partial charge in [0.25, 0.3) is 0 Å². The summed E-state index contributed by atoms with van der Waals surface area (Å²) in [6.07, 6.45) is 5.54. The number of nitrogens with one attached hydrogen (secondary N) is 1. The standard InChI is InChI=1S/C14H18N2O2/c15-11-6-10-7-14(17)16-12(10)8-13(11)18-5-4-9-2-1-3-9/h6,8-9H,1-5,7,15H2,(H,16,17). The maximum Gasteiger partial charge on any atom is 0.228 e. The van der Waals surface area contributed by atoms with Crippen molar-refractivity contribution >= 4 is 17.3 Å². The van der Waals surface area contributed by atoms with E-state index in [2.05, 4.69) is 5.32 Å². The van der Waals surface area contributed by atoms with E-state index in [4.69, 9.17) is 10.5 Å². The number of nitrogens with two attached hydrogens (primary N) is 1. The van der Waals surface area contributed by atoms with Crippen molar-refractivity contribution in [2.24, 2.45) is 5.92 Å². The average molecular weight is 246 g/mol. The predicted octanol–water partition coefficient (Wildman–Crippen LogP) is 2.33. The third kappa shape index (κ3) is 2.15. The number of hydrogen-bond acceptors (Lipinski definition) is 3. The molecule has 4 nitrogen and oxygen atoms in total. The summed E-state index contributed by atoms with van der Waals surface area (Å²) in [7, 11) is 0. The number of nitrogen functional groups attached to an aromatic ring is 1. The molecule has 0 bridgehead atoms. The molecule has 4 heteroatoms. The Bertz CT molecular complexity index is 481. The van der Waals surface area contributed by atoms with Crippen molar-refractivity contribution in [2.75, 3.05) is 17.7 Å². The number of amides is 1. The van der Waals surface area contributed by atoms with Crippen LogP contribution < -0.4 is 15.8 Å². The minimum Gasteiger partial charge on any atom is -0.491 e. The van der Waals surface area contributed by atoms with Gasteiger partial charge in [0.05, 0.1) is 18.7 Å². The SMILES string of the molecule is Nc1cc2c(cc1OCCC1CCC1)NC(=O)C2. The van der Waals surface area contributed by atoms with Crippen LogP contribution in [0.4, 0.5) is 11.4 Å². The zero-order chi connectivity index (χ0) is 12.5. The molecule has 0 aromatic heterocycles. The molecule has 2 aliphatic rings. The molecule has 1 aliphatic carbocycles. The number of anilines is 2. The highest BCUT2D eigenvalue weighted by molar-refractivity contribution is 6.00. The fraction of sp³-hybridized carbons (Fsp3) is 0.500. The zero-order valence-electron chi connectivity index (χ0n) is 10.4. The monoisotopic (exact) mass is 246 g/mol. The molecule has 1 amide bonds. The van der Waals surface area contributed by atoms with Gasteiger partial charge in [-0.1, -0.05) is 19.3 Å². The van der Waals surface area contributed by atoms with Crippen molar-refractivity contribution in [2.45, 2.75) is 32.1 Å². The van der Waals surface area contributed by atoms with Gasteiger partial charge in [0.2, 0.25) is 5.91 Å². The number of carbonyl (C=O) groups excluding carboxylic acids is 1. The summed E-state index contributed by atoms with van der Waals surface area (Å²) in [4.78, 5) is 11.3. The third-order valence-corrected chi connectivity index (χ3v) is 3.87. The second-order valence-corrected chi connectivity index (χ2v) is 5.21. The third-order valence-electron chi connectivity index (χ3n) is 3.87. The molecule has 1 aromatic rings. The van der Waals surface area contributed by atoms with E-state index in [1.54, 1.807) is 0 Å². The van der Waals surface area contributed by atoms with Gasteiger partial charge < -0.3 is 15.8 Å². The first-order valence-electron chi connectivity index (χ1n) is 6.57. The second kappa shape index (κ2) is 4.52. The summed E-state index contributed by atoms with van der Waals surface area (Å²) in [6, 6.07) is 3.68. The number of fused-ring (bicyclic) bond motifs is 1. The predicted molar refractivity (Wildman–Crippen MR) is 70.6 cm³/mol. The Morgan fingerprint density at radius 3 is 2.94 bits per heavy atom. The zero-order valence-corrected chi connectivity index (χ0v) is 10.4.